The van der Waals surface area contributed by atoms with E-state index in [2.05, 4.69) is 15.3 Å². The summed E-state index contributed by atoms with van der Waals surface area (Å²) in [6.07, 6.45) is 1.68. The molecule has 1 N–H and O–H groups in total. The number of ether oxygens (including phenoxy) is 1. The number of aryl methyl sites for hydroxylation is 1. The van der Waals surface area contributed by atoms with E-state index < -0.39 is 6.04 Å². The molecule has 0 aliphatic carbocycles. The number of rotatable bonds is 5. The average Bonchev–Trinajstić information content (AvgIpc) is 2.45. The number of nitrogens with zero attached hydrogens (tertiary/aromatic N) is 3. The van der Waals surface area contributed by atoms with Crippen LogP contribution in [0.3, 0.4) is 0 Å². The number of amides is 2. The Kier molecular flexibility index (Phi) is 4.72. The molecule has 1 atom stereocenters. The summed E-state index contributed by atoms with van der Waals surface area (Å²) in [4.78, 5) is 33.1. The van der Waals surface area contributed by atoms with E-state index in [0.717, 1.165) is 17.0 Å². The zero-order valence-corrected chi connectivity index (χ0v) is 12.5. The fourth-order valence-corrected chi connectivity index (χ4v) is 2.09. The van der Waals surface area contributed by atoms with Gasteiger partial charge in [0, 0.05) is 25.2 Å². The highest BCUT2D eigenvalue weighted by Gasteiger charge is 2.32. The first-order valence-corrected chi connectivity index (χ1v) is 7.06. The monoisotopic (exact) mass is 292 g/mol. The lowest BCUT2D eigenvalue weighted by Gasteiger charge is -2.28. The standard InChI is InChI=1S/C14H20N4O3/c1-4-7-21-11-8-9(2)15-14(17-11)16-10-5-6-12(19)18(3)13(10)20/h8,10H,4-7H2,1-3H3,(H,15,16,17). The molecule has 1 aromatic heterocycles. The van der Waals surface area contributed by atoms with Crippen molar-refractivity contribution in [2.45, 2.75) is 39.2 Å². The van der Waals surface area contributed by atoms with Gasteiger partial charge in [0.1, 0.15) is 6.04 Å². The fourth-order valence-electron chi connectivity index (χ4n) is 2.09. The number of hydrogen-bond acceptors (Lipinski definition) is 6. The quantitative estimate of drug-likeness (QED) is 0.819. The molecule has 0 saturated carbocycles. The van der Waals surface area contributed by atoms with Crippen LogP contribution in [0.5, 0.6) is 5.88 Å². The Morgan fingerprint density at radius 2 is 2.19 bits per heavy atom. The minimum Gasteiger partial charge on any atom is -0.478 e. The lowest BCUT2D eigenvalue weighted by Crippen LogP contribution is -2.48. The lowest BCUT2D eigenvalue weighted by molar-refractivity contribution is -0.146. The Labute approximate surface area is 123 Å². The molecule has 1 saturated heterocycles. The highest BCUT2D eigenvalue weighted by Crippen LogP contribution is 2.17. The van der Waals surface area contributed by atoms with Gasteiger partial charge in [0.25, 0.3) is 5.91 Å². The summed E-state index contributed by atoms with van der Waals surface area (Å²) in [5.74, 6) is 0.421. The molecule has 114 valence electrons. The van der Waals surface area contributed by atoms with Gasteiger partial charge in [0.05, 0.1) is 6.61 Å². The van der Waals surface area contributed by atoms with Crippen molar-refractivity contribution in [1.29, 1.82) is 0 Å². The van der Waals surface area contributed by atoms with E-state index in [0.29, 0.717) is 31.3 Å². The van der Waals surface area contributed by atoms with E-state index in [1.54, 1.807) is 6.07 Å². The number of nitrogens with one attached hydrogen (secondary N) is 1. The Morgan fingerprint density at radius 1 is 1.43 bits per heavy atom. The summed E-state index contributed by atoms with van der Waals surface area (Å²) < 4.78 is 5.49. The van der Waals surface area contributed by atoms with Crippen LogP contribution in [0.1, 0.15) is 31.9 Å². The number of carbonyl (C=O) groups is 2. The molecular weight excluding hydrogens is 272 g/mol. The molecule has 2 heterocycles. The van der Waals surface area contributed by atoms with Crippen LogP contribution in [0.25, 0.3) is 0 Å². The van der Waals surface area contributed by atoms with Crippen LogP contribution in [0.2, 0.25) is 0 Å². The maximum absolute atomic E-state index is 12.0. The van der Waals surface area contributed by atoms with Gasteiger partial charge in [-0.15, -0.1) is 0 Å². The van der Waals surface area contributed by atoms with Crippen molar-refractivity contribution in [3.63, 3.8) is 0 Å². The molecule has 0 radical (unpaired) electrons. The molecular formula is C14H20N4O3. The Balaban J connectivity index is 2.10. The van der Waals surface area contributed by atoms with Crippen LogP contribution in [-0.4, -0.2) is 46.4 Å². The predicted octanol–water partition coefficient (Wildman–Crippen LogP) is 1.13. The average molecular weight is 292 g/mol. The van der Waals surface area contributed by atoms with Gasteiger partial charge in [-0.3, -0.25) is 14.5 Å². The second-order valence-corrected chi connectivity index (χ2v) is 5.05. The van der Waals surface area contributed by atoms with E-state index >= 15 is 0 Å². The summed E-state index contributed by atoms with van der Waals surface area (Å²) >= 11 is 0. The van der Waals surface area contributed by atoms with Crippen molar-refractivity contribution in [1.82, 2.24) is 14.9 Å². The highest BCUT2D eigenvalue weighted by atomic mass is 16.5. The lowest BCUT2D eigenvalue weighted by atomic mass is 10.1. The normalized spacial score (nSPS) is 18.8. The van der Waals surface area contributed by atoms with Gasteiger partial charge < -0.3 is 10.1 Å². The third kappa shape index (κ3) is 3.68. The van der Waals surface area contributed by atoms with E-state index in [-0.39, 0.29) is 11.8 Å². The van der Waals surface area contributed by atoms with Gasteiger partial charge in [0.15, 0.2) is 0 Å². The van der Waals surface area contributed by atoms with Crippen molar-refractivity contribution in [3.8, 4) is 5.88 Å². The van der Waals surface area contributed by atoms with Crippen molar-refractivity contribution >= 4 is 17.8 Å². The van der Waals surface area contributed by atoms with Crippen molar-refractivity contribution in [3.05, 3.63) is 11.8 Å². The first-order chi connectivity index (χ1) is 10.0. The molecule has 1 unspecified atom stereocenters. The predicted molar refractivity (Wildman–Crippen MR) is 77.0 cm³/mol. The Hall–Kier alpha value is -2.18. The third-order valence-electron chi connectivity index (χ3n) is 3.24. The smallest absolute Gasteiger partial charge is 0.251 e. The molecule has 2 rings (SSSR count). The van der Waals surface area contributed by atoms with E-state index in [9.17, 15) is 9.59 Å². The van der Waals surface area contributed by atoms with Crippen LogP contribution >= 0.6 is 0 Å². The minimum absolute atomic E-state index is 0.157. The minimum atomic E-state index is -0.478. The summed E-state index contributed by atoms with van der Waals surface area (Å²) in [7, 11) is 1.49. The van der Waals surface area contributed by atoms with Gasteiger partial charge in [0.2, 0.25) is 17.7 Å². The van der Waals surface area contributed by atoms with Gasteiger partial charge in [-0.2, -0.15) is 4.98 Å². The molecule has 7 heteroatoms. The maximum atomic E-state index is 12.0. The second kappa shape index (κ2) is 6.51. The van der Waals surface area contributed by atoms with Crippen molar-refractivity contribution in [2.24, 2.45) is 0 Å². The number of anilines is 1. The molecule has 0 aromatic carbocycles. The summed E-state index contributed by atoms with van der Waals surface area (Å²) in [6.45, 7) is 4.43. The van der Waals surface area contributed by atoms with Crippen LogP contribution < -0.4 is 10.1 Å². The van der Waals surface area contributed by atoms with Crippen LogP contribution in [0.4, 0.5) is 5.95 Å². The third-order valence-corrected chi connectivity index (χ3v) is 3.24. The number of carbonyl (C=O) groups excluding carboxylic acids is 2. The summed E-state index contributed by atoms with van der Waals surface area (Å²) in [5, 5.41) is 2.99. The molecule has 1 aliphatic rings. The van der Waals surface area contributed by atoms with E-state index in [1.165, 1.54) is 7.05 Å². The summed E-state index contributed by atoms with van der Waals surface area (Å²) in [5.41, 5.74) is 0.756. The van der Waals surface area contributed by atoms with E-state index in [4.69, 9.17) is 4.74 Å². The SMILES string of the molecule is CCCOc1cc(C)nc(NC2CCC(=O)N(C)C2=O)n1. The van der Waals surface area contributed by atoms with Crippen LogP contribution in [0.15, 0.2) is 6.07 Å². The van der Waals surface area contributed by atoms with Gasteiger partial charge in [-0.1, -0.05) is 6.92 Å². The molecule has 0 spiro atoms. The molecule has 1 fully saturated rings. The number of hydrogen-bond donors (Lipinski definition) is 1. The number of imide groups is 1. The first-order valence-electron chi connectivity index (χ1n) is 7.06. The highest BCUT2D eigenvalue weighted by molar-refractivity contribution is 6.01. The van der Waals surface area contributed by atoms with Gasteiger partial charge >= 0.3 is 0 Å². The molecule has 2 amide bonds. The van der Waals surface area contributed by atoms with Crippen molar-refractivity contribution in [2.75, 3.05) is 19.0 Å². The largest absolute Gasteiger partial charge is 0.478 e. The number of likely N-dealkylation sites (N-methyl/N-ethyl adjacent to an activating group) is 1. The van der Waals surface area contributed by atoms with Gasteiger partial charge in [-0.05, 0) is 19.8 Å². The maximum Gasteiger partial charge on any atom is 0.251 e. The summed E-state index contributed by atoms with van der Waals surface area (Å²) in [6, 6.07) is 1.27. The fraction of sp³-hybridized carbons (Fsp3) is 0.571. The number of aromatic nitrogens is 2. The Bertz CT molecular complexity index is 547. The number of piperidine rings is 1. The molecule has 7 nitrogen and oxygen atoms in total. The molecule has 1 aromatic rings. The number of likely N-dealkylation sites (tertiary alicyclic amines) is 1. The van der Waals surface area contributed by atoms with Gasteiger partial charge in [-0.25, -0.2) is 4.98 Å². The first kappa shape index (κ1) is 15.2. The Morgan fingerprint density at radius 3 is 2.90 bits per heavy atom. The van der Waals surface area contributed by atoms with E-state index in [1.807, 2.05) is 13.8 Å². The van der Waals surface area contributed by atoms with Crippen LogP contribution in [-0.2, 0) is 9.59 Å². The molecule has 1 aliphatic heterocycles. The van der Waals surface area contributed by atoms with Crippen molar-refractivity contribution < 1.29 is 14.3 Å². The zero-order valence-electron chi connectivity index (χ0n) is 12.5. The van der Waals surface area contributed by atoms with Crippen LogP contribution in [0, 0.1) is 6.92 Å². The molecule has 21 heavy (non-hydrogen) atoms. The molecule has 0 bridgehead atoms. The topological polar surface area (TPSA) is 84.4 Å². The zero-order chi connectivity index (χ0) is 15.4. The second-order valence-electron chi connectivity index (χ2n) is 5.05.